The molecule has 2 heterocycles. The number of benzene rings is 2. The van der Waals surface area contributed by atoms with Crippen LogP contribution in [0.3, 0.4) is 0 Å². The van der Waals surface area contributed by atoms with E-state index in [2.05, 4.69) is 5.32 Å². The lowest BCUT2D eigenvalue weighted by atomic mass is 9.84. The summed E-state index contributed by atoms with van der Waals surface area (Å²) in [5.74, 6) is -0.0811. The molecule has 0 aromatic heterocycles. The van der Waals surface area contributed by atoms with Gasteiger partial charge in [0, 0.05) is 23.7 Å². The summed E-state index contributed by atoms with van der Waals surface area (Å²) in [6, 6.07) is 16.1. The third kappa shape index (κ3) is 3.71. The highest BCUT2D eigenvalue weighted by molar-refractivity contribution is 7.89. The van der Waals surface area contributed by atoms with E-state index in [0.29, 0.717) is 23.3 Å². The summed E-state index contributed by atoms with van der Waals surface area (Å²) in [7, 11) is -3.51. The minimum atomic E-state index is -3.51. The Hall–Kier alpha value is -2.18. The van der Waals surface area contributed by atoms with Gasteiger partial charge < -0.3 is 5.32 Å². The van der Waals surface area contributed by atoms with Gasteiger partial charge in [-0.15, -0.1) is 0 Å². The normalized spacial score (nSPS) is 25.2. The van der Waals surface area contributed by atoms with Crippen molar-refractivity contribution in [2.45, 2.75) is 62.0 Å². The highest BCUT2D eigenvalue weighted by Crippen LogP contribution is 2.38. The van der Waals surface area contributed by atoms with Crippen LogP contribution in [0.1, 0.15) is 48.0 Å². The van der Waals surface area contributed by atoms with Crippen LogP contribution in [0, 0.1) is 6.92 Å². The molecule has 2 aliphatic rings. The first-order valence-corrected chi connectivity index (χ1v) is 11.4. The van der Waals surface area contributed by atoms with Crippen molar-refractivity contribution in [1.29, 1.82) is 0 Å². The van der Waals surface area contributed by atoms with E-state index in [1.165, 1.54) is 0 Å². The van der Waals surface area contributed by atoms with Crippen molar-refractivity contribution in [3.8, 4) is 0 Å². The van der Waals surface area contributed by atoms with Gasteiger partial charge in [-0.25, -0.2) is 8.42 Å². The SMILES string of the molecule is Cc1ccc(C(=O)NC2CC3CCCC(C2)N3S(=O)(=O)c2ccccc2)cc1. The topological polar surface area (TPSA) is 66.5 Å². The molecule has 1 N–H and O–H groups in total. The smallest absolute Gasteiger partial charge is 0.251 e. The molecule has 4 rings (SSSR count). The summed E-state index contributed by atoms with van der Waals surface area (Å²) in [4.78, 5) is 13.0. The number of sulfonamides is 1. The van der Waals surface area contributed by atoms with E-state index in [1.807, 2.05) is 37.3 Å². The number of nitrogens with zero attached hydrogens (tertiary/aromatic N) is 1. The molecule has 5 nitrogen and oxygen atoms in total. The van der Waals surface area contributed by atoms with Gasteiger partial charge in [0.1, 0.15) is 0 Å². The molecule has 0 saturated carbocycles. The first-order chi connectivity index (χ1) is 13.4. The minimum Gasteiger partial charge on any atom is -0.349 e. The fourth-order valence-electron chi connectivity index (χ4n) is 4.54. The summed E-state index contributed by atoms with van der Waals surface area (Å²) in [6.07, 6.45) is 4.06. The molecule has 2 aliphatic heterocycles. The number of carbonyl (C=O) groups is 1. The van der Waals surface area contributed by atoms with Gasteiger partial charge in [-0.3, -0.25) is 4.79 Å². The van der Waals surface area contributed by atoms with Gasteiger partial charge in [0.15, 0.2) is 0 Å². The van der Waals surface area contributed by atoms with Gasteiger partial charge in [-0.2, -0.15) is 4.31 Å². The van der Waals surface area contributed by atoms with Gasteiger partial charge in [-0.1, -0.05) is 42.3 Å². The van der Waals surface area contributed by atoms with Crippen molar-refractivity contribution < 1.29 is 13.2 Å². The molecule has 2 saturated heterocycles. The second kappa shape index (κ2) is 7.68. The van der Waals surface area contributed by atoms with Gasteiger partial charge in [-0.05, 0) is 56.9 Å². The fourth-order valence-corrected chi connectivity index (χ4v) is 6.45. The van der Waals surface area contributed by atoms with Crippen LogP contribution in [0.2, 0.25) is 0 Å². The predicted molar refractivity (Wildman–Crippen MR) is 109 cm³/mol. The van der Waals surface area contributed by atoms with Gasteiger partial charge in [0.05, 0.1) is 4.90 Å². The summed E-state index contributed by atoms with van der Waals surface area (Å²) >= 11 is 0. The Morgan fingerprint density at radius 1 is 0.964 bits per heavy atom. The number of rotatable bonds is 4. The Kier molecular flexibility index (Phi) is 5.25. The Morgan fingerprint density at radius 3 is 2.18 bits per heavy atom. The highest BCUT2D eigenvalue weighted by Gasteiger charge is 2.45. The number of carbonyl (C=O) groups excluding carboxylic acids is 1. The maximum Gasteiger partial charge on any atom is 0.251 e. The van der Waals surface area contributed by atoms with Crippen LogP contribution in [0.5, 0.6) is 0 Å². The largest absolute Gasteiger partial charge is 0.349 e. The molecule has 1 amide bonds. The predicted octanol–water partition coefficient (Wildman–Crippen LogP) is 3.50. The second-order valence-electron chi connectivity index (χ2n) is 7.89. The zero-order chi connectivity index (χ0) is 19.7. The van der Waals surface area contributed by atoms with Crippen molar-refractivity contribution in [3.63, 3.8) is 0 Å². The van der Waals surface area contributed by atoms with Gasteiger partial charge >= 0.3 is 0 Å². The Labute approximate surface area is 166 Å². The Morgan fingerprint density at radius 2 is 1.57 bits per heavy atom. The molecule has 0 radical (unpaired) electrons. The highest BCUT2D eigenvalue weighted by atomic mass is 32.2. The van der Waals surface area contributed by atoms with Crippen molar-refractivity contribution in [2.75, 3.05) is 0 Å². The summed E-state index contributed by atoms with van der Waals surface area (Å²) < 4.78 is 28.2. The van der Waals surface area contributed by atoms with Crippen LogP contribution in [0.4, 0.5) is 0 Å². The molecule has 2 fully saturated rings. The quantitative estimate of drug-likeness (QED) is 0.857. The fraction of sp³-hybridized carbons (Fsp3) is 0.409. The third-order valence-corrected chi connectivity index (χ3v) is 7.89. The van der Waals surface area contributed by atoms with E-state index in [1.54, 1.807) is 28.6 Å². The maximum absolute atomic E-state index is 13.2. The molecule has 6 heteroatoms. The molecule has 0 spiro atoms. The van der Waals surface area contributed by atoms with Crippen molar-refractivity contribution >= 4 is 15.9 Å². The number of nitrogens with one attached hydrogen (secondary N) is 1. The van der Waals surface area contributed by atoms with Crippen LogP contribution in [-0.2, 0) is 10.0 Å². The van der Waals surface area contributed by atoms with E-state index < -0.39 is 10.0 Å². The van der Waals surface area contributed by atoms with E-state index in [-0.39, 0.29) is 24.0 Å². The number of hydrogen-bond donors (Lipinski definition) is 1. The maximum atomic E-state index is 13.2. The van der Waals surface area contributed by atoms with E-state index >= 15 is 0 Å². The summed E-state index contributed by atoms with van der Waals surface area (Å²) in [6.45, 7) is 1.99. The molecule has 2 atom stereocenters. The zero-order valence-electron chi connectivity index (χ0n) is 16.0. The van der Waals surface area contributed by atoms with Crippen LogP contribution in [0.15, 0.2) is 59.5 Å². The lowest BCUT2D eigenvalue weighted by Crippen LogP contribution is -2.58. The number of hydrogen-bond acceptors (Lipinski definition) is 3. The molecular formula is C22H26N2O3S. The van der Waals surface area contributed by atoms with E-state index in [9.17, 15) is 13.2 Å². The van der Waals surface area contributed by atoms with Crippen molar-refractivity contribution in [1.82, 2.24) is 9.62 Å². The average molecular weight is 399 g/mol. The van der Waals surface area contributed by atoms with Crippen molar-refractivity contribution in [3.05, 3.63) is 65.7 Å². The van der Waals surface area contributed by atoms with E-state index in [4.69, 9.17) is 0 Å². The standard InChI is InChI=1S/C22H26N2O3S/c1-16-10-12-17(13-11-16)22(25)23-18-14-19-6-5-7-20(15-18)24(19)28(26,27)21-8-3-2-4-9-21/h2-4,8-13,18-20H,5-7,14-15H2,1H3,(H,23,25). The Balaban J connectivity index is 1.51. The van der Waals surface area contributed by atoms with Gasteiger partial charge in [0.25, 0.3) is 5.91 Å². The minimum absolute atomic E-state index is 0.00586. The molecule has 2 unspecified atom stereocenters. The third-order valence-electron chi connectivity index (χ3n) is 5.88. The van der Waals surface area contributed by atoms with Crippen LogP contribution in [0.25, 0.3) is 0 Å². The first-order valence-electron chi connectivity index (χ1n) is 9.91. The van der Waals surface area contributed by atoms with E-state index in [0.717, 1.165) is 24.8 Å². The second-order valence-corrected chi connectivity index (χ2v) is 9.74. The molecule has 2 aromatic rings. The lowest BCUT2D eigenvalue weighted by molar-refractivity contribution is 0.0796. The average Bonchev–Trinajstić information content (AvgIpc) is 2.68. The van der Waals surface area contributed by atoms with Crippen LogP contribution in [-0.4, -0.2) is 36.8 Å². The van der Waals surface area contributed by atoms with Crippen LogP contribution >= 0.6 is 0 Å². The number of aryl methyl sites for hydroxylation is 1. The van der Waals surface area contributed by atoms with Crippen molar-refractivity contribution in [2.24, 2.45) is 0 Å². The monoisotopic (exact) mass is 398 g/mol. The lowest BCUT2D eigenvalue weighted by Gasteiger charge is -2.47. The Bertz CT molecular complexity index is 928. The number of fused-ring (bicyclic) bond motifs is 2. The number of piperidine rings is 2. The molecule has 2 aromatic carbocycles. The zero-order valence-corrected chi connectivity index (χ0v) is 16.9. The molecule has 0 aliphatic carbocycles. The molecular weight excluding hydrogens is 372 g/mol. The molecule has 28 heavy (non-hydrogen) atoms. The summed E-state index contributed by atoms with van der Waals surface area (Å²) in [5, 5.41) is 3.13. The van der Waals surface area contributed by atoms with Gasteiger partial charge in [0.2, 0.25) is 10.0 Å². The summed E-state index contributed by atoms with van der Waals surface area (Å²) in [5.41, 5.74) is 1.76. The molecule has 2 bridgehead atoms. The molecule has 148 valence electrons. The first kappa shape index (κ1) is 19.2. The van der Waals surface area contributed by atoms with Crippen LogP contribution < -0.4 is 5.32 Å². The number of amides is 1.